The normalized spacial score (nSPS) is 26.3. The highest BCUT2D eigenvalue weighted by atomic mass is 19.3. The molecule has 0 aromatic rings. The summed E-state index contributed by atoms with van der Waals surface area (Å²) in [5.41, 5.74) is -0.349. The standard InChI is InChI=1S/C22H36F2O4/c1-4-5-14-21(2,3)19(26)13-12-16-17(22(23,24)15-18(16)25)10-8-6-7-9-11-20(27)28/h6,8,12-13,16-19,25-26H,4-5,7,9-11,14-15H2,1-3H3,(H,27,28)/b8-6-,13-12+/t16-,17-,18-,19-/m1/s1. The molecule has 1 saturated carbocycles. The van der Waals surface area contributed by atoms with Gasteiger partial charge in [0, 0.05) is 24.7 Å². The molecule has 3 N–H and O–H groups in total. The number of rotatable bonds is 12. The lowest BCUT2D eigenvalue weighted by Gasteiger charge is -2.29. The van der Waals surface area contributed by atoms with Crippen molar-refractivity contribution in [1.29, 1.82) is 0 Å². The Morgan fingerprint density at radius 3 is 2.57 bits per heavy atom. The van der Waals surface area contributed by atoms with E-state index in [1.165, 1.54) is 0 Å². The molecule has 1 fully saturated rings. The van der Waals surface area contributed by atoms with Gasteiger partial charge in [-0.2, -0.15) is 0 Å². The fourth-order valence-electron chi connectivity index (χ4n) is 3.71. The molecule has 6 heteroatoms. The van der Waals surface area contributed by atoms with Crippen LogP contribution in [-0.2, 0) is 4.79 Å². The molecule has 1 aliphatic carbocycles. The van der Waals surface area contributed by atoms with Crippen LogP contribution in [0.25, 0.3) is 0 Å². The Kier molecular flexibility index (Phi) is 9.78. The van der Waals surface area contributed by atoms with Crippen molar-refractivity contribution >= 4 is 5.97 Å². The van der Waals surface area contributed by atoms with Gasteiger partial charge < -0.3 is 15.3 Å². The minimum absolute atomic E-state index is 0.0553. The molecule has 1 rings (SSSR count). The van der Waals surface area contributed by atoms with Crippen LogP contribution in [0.5, 0.6) is 0 Å². The highest BCUT2D eigenvalue weighted by Gasteiger charge is 2.53. The van der Waals surface area contributed by atoms with Crippen LogP contribution in [0.15, 0.2) is 24.3 Å². The van der Waals surface area contributed by atoms with E-state index < -0.39 is 42.4 Å². The fourth-order valence-corrected chi connectivity index (χ4v) is 3.71. The molecule has 0 spiro atoms. The van der Waals surface area contributed by atoms with E-state index in [0.717, 1.165) is 19.3 Å². The number of carboxylic acids is 1. The van der Waals surface area contributed by atoms with E-state index in [4.69, 9.17) is 5.11 Å². The minimum atomic E-state index is -2.97. The molecular weight excluding hydrogens is 366 g/mol. The van der Waals surface area contributed by atoms with Crippen LogP contribution in [-0.4, -0.2) is 39.4 Å². The average molecular weight is 403 g/mol. The number of allylic oxidation sites excluding steroid dienone is 2. The van der Waals surface area contributed by atoms with E-state index in [1.54, 1.807) is 24.3 Å². The smallest absolute Gasteiger partial charge is 0.303 e. The Balaban J connectivity index is 2.73. The van der Waals surface area contributed by atoms with Gasteiger partial charge in [-0.1, -0.05) is 57.9 Å². The molecule has 0 radical (unpaired) electrons. The monoisotopic (exact) mass is 402 g/mol. The van der Waals surface area contributed by atoms with Crippen LogP contribution < -0.4 is 0 Å². The quantitative estimate of drug-likeness (QED) is 0.319. The predicted octanol–water partition coefficient (Wildman–Crippen LogP) is 4.95. The van der Waals surface area contributed by atoms with Crippen LogP contribution in [0.4, 0.5) is 8.78 Å². The lowest BCUT2D eigenvalue weighted by molar-refractivity contribution is -0.137. The molecule has 0 amide bonds. The van der Waals surface area contributed by atoms with Crippen molar-refractivity contribution in [2.75, 3.05) is 0 Å². The lowest BCUT2D eigenvalue weighted by atomic mass is 9.80. The zero-order chi connectivity index (χ0) is 21.4. The van der Waals surface area contributed by atoms with Gasteiger partial charge in [-0.25, -0.2) is 8.78 Å². The van der Waals surface area contributed by atoms with Crippen molar-refractivity contribution < 1.29 is 28.9 Å². The first-order valence-corrected chi connectivity index (χ1v) is 10.3. The molecule has 28 heavy (non-hydrogen) atoms. The molecule has 1 aliphatic rings. The molecule has 0 aromatic carbocycles. The minimum Gasteiger partial charge on any atom is -0.481 e. The Morgan fingerprint density at radius 1 is 1.29 bits per heavy atom. The molecule has 4 nitrogen and oxygen atoms in total. The summed E-state index contributed by atoms with van der Waals surface area (Å²) in [6.07, 6.45) is 8.05. The van der Waals surface area contributed by atoms with Crippen LogP contribution in [0.1, 0.15) is 72.1 Å². The number of aliphatic hydroxyl groups is 2. The highest BCUT2D eigenvalue weighted by Crippen LogP contribution is 2.47. The number of hydrogen-bond acceptors (Lipinski definition) is 3. The molecule has 0 aromatic heterocycles. The summed E-state index contributed by atoms with van der Waals surface area (Å²) in [6.45, 7) is 5.98. The molecule has 0 unspecified atom stereocenters. The van der Waals surface area contributed by atoms with Gasteiger partial charge in [-0.3, -0.25) is 4.79 Å². The maximum atomic E-state index is 14.3. The fraction of sp³-hybridized carbons (Fsp3) is 0.773. The molecule has 162 valence electrons. The van der Waals surface area contributed by atoms with Crippen LogP contribution in [0, 0.1) is 17.3 Å². The van der Waals surface area contributed by atoms with Gasteiger partial charge in [-0.05, 0) is 31.1 Å². The van der Waals surface area contributed by atoms with Gasteiger partial charge in [0.1, 0.15) is 0 Å². The molecular formula is C22H36F2O4. The number of aliphatic hydroxyl groups excluding tert-OH is 2. The first kappa shape index (κ1) is 24.8. The number of halogens is 2. The van der Waals surface area contributed by atoms with Gasteiger partial charge in [0.15, 0.2) is 0 Å². The van der Waals surface area contributed by atoms with Crippen molar-refractivity contribution in [2.45, 2.75) is 90.3 Å². The van der Waals surface area contributed by atoms with E-state index in [-0.39, 0.29) is 18.3 Å². The van der Waals surface area contributed by atoms with Gasteiger partial charge in [0.25, 0.3) is 5.92 Å². The number of hydrogen-bond donors (Lipinski definition) is 3. The Hall–Kier alpha value is -1.27. The lowest BCUT2D eigenvalue weighted by Crippen LogP contribution is -2.29. The van der Waals surface area contributed by atoms with Crippen LogP contribution >= 0.6 is 0 Å². The van der Waals surface area contributed by atoms with E-state index >= 15 is 0 Å². The molecule has 4 atom stereocenters. The van der Waals surface area contributed by atoms with Crippen molar-refractivity contribution in [1.82, 2.24) is 0 Å². The Labute approximate surface area is 167 Å². The summed E-state index contributed by atoms with van der Waals surface area (Å²) >= 11 is 0. The zero-order valence-corrected chi connectivity index (χ0v) is 17.3. The van der Waals surface area contributed by atoms with Gasteiger partial charge in [0.2, 0.25) is 0 Å². The van der Waals surface area contributed by atoms with Gasteiger partial charge in [-0.15, -0.1) is 0 Å². The van der Waals surface area contributed by atoms with Crippen LogP contribution in [0.3, 0.4) is 0 Å². The SMILES string of the molecule is CCCCC(C)(C)[C@H](O)/C=C/[C@H]1[C@H](O)CC(F)(F)[C@@H]1C/C=C\CCCC(=O)O. The van der Waals surface area contributed by atoms with Gasteiger partial charge in [0.05, 0.1) is 12.2 Å². The summed E-state index contributed by atoms with van der Waals surface area (Å²) in [4.78, 5) is 10.5. The number of alkyl halides is 2. The second-order valence-corrected chi connectivity index (χ2v) is 8.63. The number of carbonyl (C=O) groups is 1. The van der Waals surface area contributed by atoms with E-state index in [0.29, 0.717) is 12.8 Å². The summed E-state index contributed by atoms with van der Waals surface area (Å²) < 4.78 is 28.7. The van der Waals surface area contributed by atoms with Crippen molar-refractivity contribution in [3.63, 3.8) is 0 Å². The van der Waals surface area contributed by atoms with E-state index in [2.05, 4.69) is 6.92 Å². The average Bonchev–Trinajstić information content (AvgIpc) is 2.81. The summed E-state index contributed by atoms with van der Waals surface area (Å²) in [7, 11) is 0. The molecule has 0 heterocycles. The second-order valence-electron chi connectivity index (χ2n) is 8.63. The van der Waals surface area contributed by atoms with Crippen molar-refractivity contribution in [3.8, 4) is 0 Å². The Morgan fingerprint density at radius 2 is 1.96 bits per heavy atom. The maximum Gasteiger partial charge on any atom is 0.303 e. The first-order valence-electron chi connectivity index (χ1n) is 10.3. The zero-order valence-electron chi connectivity index (χ0n) is 17.3. The summed E-state index contributed by atoms with van der Waals surface area (Å²) in [5.74, 6) is -5.58. The maximum absolute atomic E-state index is 14.3. The summed E-state index contributed by atoms with van der Waals surface area (Å²) in [6, 6.07) is 0. The van der Waals surface area contributed by atoms with Crippen LogP contribution in [0.2, 0.25) is 0 Å². The largest absolute Gasteiger partial charge is 0.481 e. The second kappa shape index (κ2) is 11.1. The van der Waals surface area contributed by atoms with E-state index in [1.807, 2.05) is 13.8 Å². The third-order valence-electron chi connectivity index (χ3n) is 5.74. The molecule has 0 aliphatic heterocycles. The summed E-state index contributed by atoms with van der Waals surface area (Å²) in [5, 5.41) is 29.2. The van der Waals surface area contributed by atoms with Crippen molar-refractivity contribution in [2.24, 2.45) is 17.3 Å². The number of unbranched alkanes of at least 4 members (excludes halogenated alkanes) is 2. The third kappa shape index (κ3) is 7.63. The Bertz CT molecular complexity index is 543. The number of carboxylic acid groups (broad SMARTS) is 1. The molecule has 0 saturated heterocycles. The van der Waals surface area contributed by atoms with E-state index in [9.17, 15) is 23.8 Å². The topological polar surface area (TPSA) is 77.8 Å². The number of aliphatic carboxylic acids is 1. The highest BCUT2D eigenvalue weighted by molar-refractivity contribution is 5.66. The first-order chi connectivity index (χ1) is 13.0. The third-order valence-corrected chi connectivity index (χ3v) is 5.74. The predicted molar refractivity (Wildman–Crippen MR) is 106 cm³/mol. The molecule has 0 bridgehead atoms. The van der Waals surface area contributed by atoms with Gasteiger partial charge >= 0.3 is 5.97 Å². The van der Waals surface area contributed by atoms with Crippen molar-refractivity contribution in [3.05, 3.63) is 24.3 Å².